The summed E-state index contributed by atoms with van der Waals surface area (Å²) in [4.78, 5) is 23.5. The Morgan fingerprint density at radius 1 is 1.44 bits per heavy atom. The van der Waals surface area contributed by atoms with E-state index in [9.17, 15) is 4.79 Å². The minimum absolute atomic E-state index is 0.0250. The molecule has 6 nitrogen and oxygen atoms in total. The van der Waals surface area contributed by atoms with E-state index in [0.29, 0.717) is 13.1 Å². The number of hydrogen-bond acceptors (Lipinski definition) is 5. The van der Waals surface area contributed by atoms with Gasteiger partial charge in [0, 0.05) is 25.8 Å². The van der Waals surface area contributed by atoms with Crippen LogP contribution in [0.5, 0.6) is 5.75 Å². The van der Waals surface area contributed by atoms with Crippen molar-refractivity contribution in [2.45, 2.75) is 39.4 Å². The summed E-state index contributed by atoms with van der Waals surface area (Å²) in [6.45, 7) is 5.86. The molecule has 2 aromatic rings. The van der Waals surface area contributed by atoms with E-state index < -0.39 is 0 Å². The standard InChI is InChI=1S/C19H24N4O2/c1-13(19(24)21-10-15-5-4-6-17(9-15)25-3)23-8-7-16-11-20-14(2)22-18(16)12-23/h4-6,9,11,13H,7-8,10,12H2,1-3H3,(H,21,24)/t13-/m1/s1. The van der Waals surface area contributed by atoms with E-state index in [1.54, 1.807) is 7.11 Å². The molecule has 6 heteroatoms. The monoisotopic (exact) mass is 340 g/mol. The van der Waals surface area contributed by atoms with Gasteiger partial charge in [-0.2, -0.15) is 0 Å². The van der Waals surface area contributed by atoms with Gasteiger partial charge in [-0.1, -0.05) is 12.1 Å². The number of nitrogens with one attached hydrogen (secondary N) is 1. The van der Waals surface area contributed by atoms with E-state index in [2.05, 4.69) is 20.2 Å². The molecule has 0 radical (unpaired) electrons. The molecule has 0 saturated carbocycles. The zero-order valence-corrected chi connectivity index (χ0v) is 15.0. The van der Waals surface area contributed by atoms with E-state index in [1.807, 2.05) is 44.3 Å². The Balaban J connectivity index is 1.59. The number of rotatable bonds is 5. The molecule has 0 unspecified atom stereocenters. The van der Waals surface area contributed by atoms with Gasteiger partial charge >= 0.3 is 0 Å². The molecule has 0 bridgehead atoms. The molecule has 1 aliphatic heterocycles. The molecule has 1 aromatic heterocycles. The van der Waals surface area contributed by atoms with E-state index in [0.717, 1.165) is 35.8 Å². The first-order valence-electron chi connectivity index (χ1n) is 8.53. The topological polar surface area (TPSA) is 67.3 Å². The molecule has 2 heterocycles. The summed E-state index contributed by atoms with van der Waals surface area (Å²) in [5.41, 5.74) is 3.24. The summed E-state index contributed by atoms with van der Waals surface area (Å²) in [5.74, 6) is 1.59. The zero-order chi connectivity index (χ0) is 17.8. The summed E-state index contributed by atoms with van der Waals surface area (Å²) >= 11 is 0. The highest BCUT2D eigenvalue weighted by Crippen LogP contribution is 2.18. The van der Waals surface area contributed by atoms with Crippen molar-refractivity contribution in [3.05, 3.63) is 53.1 Å². The molecule has 0 spiro atoms. The largest absolute Gasteiger partial charge is 0.497 e. The first kappa shape index (κ1) is 17.4. The Morgan fingerprint density at radius 2 is 2.28 bits per heavy atom. The highest BCUT2D eigenvalue weighted by molar-refractivity contribution is 5.81. The maximum atomic E-state index is 12.5. The van der Waals surface area contributed by atoms with Gasteiger partial charge in [0.05, 0.1) is 18.8 Å². The van der Waals surface area contributed by atoms with Crippen molar-refractivity contribution in [3.63, 3.8) is 0 Å². The number of aromatic nitrogens is 2. The highest BCUT2D eigenvalue weighted by atomic mass is 16.5. The summed E-state index contributed by atoms with van der Waals surface area (Å²) in [5, 5.41) is 3.01. The fourth-order valence-corrected chi connectivity index (χ4v) is 3.04. The van der Waals surface area contributed by atoms with Gasteiger partial charge in [-0.3, -0.25) is 9.69 Å². The number of fused-ring (bicyclic) bond motifs is 1. The second kappa shape index (κ2) is 7.61. The van der Waals surface area contributed by atoms with E-state index >= 15 is 0 Å². The van der Waals surface area contributed by atoms with Gasteiger partial charge in [0.2, 0.25) is 5.91 Å². The van der Waals surface area contributed by atoms with Gasteiger partial charge < -0.3 is 10.1 Å². The number of ether oxygens (including phenoxy) is 1. The molecule has 1 amide bonds. The molecule has 0 fully saturated rings. The molecule has 1 N–H and O–H groups in total. The first-order valence-corrected chi connectivity index (χ1v) is 8.53. The summed E-state index contributed by atoms with van der Waals surface area (Å²) in [7, 11) is 1.64. The van der Waals surface area contributed by atoms with Crippen LogP contribution in [0.3, 0.4) is 0 Å². The van der Waals surface area contributed by atoms with Crippen LogP contribution in [-0.2, 0) is 24.3 Å². The first-order chi connectivity index (χ1) is 12.1. The maximum Gasteiger partial charge on any atom is 0.237 e. The van der Waals surface area contributed by atoms with Crippen LogP contribution < -0.4 is 10.1 Å². The molecule has 3 rings (SSSR count). The van der Waals surface area contributed by atoms with Crippen molar-refractivity contribution in [1.29, 1.82) is 0 Å². The number of amides is 1. The normalized spacial score (nSPS) is 15.3. The third-order valence-electron chi connectivity index (χ3n) is 4.62. The zero-order valence-electron chi connectivity index (χ0n) is 15.0. The highest BCUT2D eigenvalue weighted by Gasteiger charge is 2.26. The Bertz CT molecular complexity index is 763. The lowest BCUT2D eigenvalue weighted by Gasteiger charge is -2.32. The summed E-state index contributed by atoms with van der Waals surface area (Å²) < 4.78 is 5.21. The number of benzene rings is 1. The van der Waals surface area contributed by atoms with Crippen molar-refractivity contribution in [2.24, 2.45) is 0 Å². The third-order valence-corrected chi connectivity index (χ3v) is 4.62. The lowest BCUT2D eigenvalue weighted by molar-refractivity contribution is -0.126. The summed E-state index contributed by atoms with van der Waals surface area (Å²) in [6.07, 6.45) is 2.78. The van der Waals surface area contributed by atoms with Crippen molar-refractivity contribution in [2.75, 3.05) is 13.7 Å². The second-order valence-electron chi connectivity index (χ2n) is 6.35. The summed E-state index contributed by atoms with van der Waals surface area (Å²) in [6, 6.07) is 7.52. The van der Waals surface area contributed by atoms with Crippen molar-refractivity contribution >= 4 is 5.91 Å². The average Bonchev–Trinajstić information content (AvgIpc) is 2.65. The average molecular weight is 340 g/mol. The smallest absolute Gasteiger partial charge is 0.237 e. The number of carbonyl (C=O) groups is 1. The van der Waals surface area contributed by atoms with Gasteiger partial charge in [-0.25, -0.2) is 9.97 Å². The van der Waals surface area contributed by atoms with Crippen LogP contribution >= 0.6 is 0 Å². The molecule has 0 aliphatic carbocycles. The van der Waals surface area contributed by atoms with Crippen LogP contribution in [0.4, 0.5) is 0 Å². The minimum atomic E-state index is -0.200. The Morgan fingerprint density at radius 3 is 3.08 bits per heavy atom. The van der Waals surface area contributed by atoms with Crippen LogP contribution in [0.25, 0.3) is 0 Å². The van der Waals surface area contributed by atoms with Crippen LogP contribution in [0.15, 0.2) is 30.5 Å². The lowest BCUT2D eigenvalue weighted by Crippen LogP contribution is -2.47. The molecule has 1 aliphatic rings. The quantitative estimate of drug-likeness (QED) is 0.900. The van der Waals surface area contributed by atoms with Crippen LogP contribution in [0, 0.1) is 6.92 Å². The fourth-order valence-electron chi connectivity index (χ4n) is 3.04. The van der Waals surface area contributed by atoms with E-state index in [4.69, 9.17) is 4.74 Å². The Hall–Kier alpha value is -2.47. The van der Waals surface area contributed by atoms with E-state index in [-0.39, 0.29) is 11.9 Å². The molecule has 1 atom stereocenters. The molecule has 25 heavy (non-hydrogen) atoms. The van der Waals surface area contributed by atoms with Crippen LogP contribution in [-0.4, -0.2) is 40.5 Å². The van der Waals surface area contributed by atoms with Crippen LogP contribution in [0.1, 0.15) is 29.6 Å². The predicted octanol–water partition coefficient (Wildman–Crippen LogP) is 1.86. The number of methoxy groups -OCH3 is 1. The fraction of sp³-hybridized carbons (Fsp3) is 0.421. The molecular formula is C19H24N4O2. The Kier molecular flexibility index (Phi) is 5.28. The number of aryl methyl sites for hydroxylation is 1. The van der Waals surface area contributed by atoms with Gasteiger partial charge in [-0.05, 0) is 43.5 Å². The third kappa shape index (κ3) is 4.14. The van der Waals surface area contributed by atoms with Gasteiger partial charge in [0.25, 0.3) is 0 Å². The predicted molar refractivity (Wildman–Crippen MR) is 95.2 cm³/mol. The number of nitrogens with zero attached hydrogens (tertiary/aromatic N) is 3. The SMILES string of the molecule is COc1cccc(CNC(=O)[C@@H](C)N2CCc3cnc(C)nc3C2)c1. The molecule has 1 aromatic carbocycles. The second-order valence-corrected chi connectivity index (χ2v) is 6.35. The van der Waals surface area contributed by atoms with E-state index in [1.165, 1.54) is 5.56 Å². The van der Waals surface area contributed by atoms with Gasteiger partial charge in [-0.15, -0.1) is 0 Å². The Labute approximate surface area is 148 Å². The van der Waals surface area contributed by atoms with Gasteiger partial charge in [0.15, 0.2) is 0 Å². The lowest BCUT2D eigenvalue weighted by atomic mass is 10.0. The van der Waals surface area contributed by atoms with Gasteiger partial charge in [0.1, 0.15) is 11.6 Å². The molecular weight excluding hydrogens is 316 g/mol. The molecule has 0 saturated heterocycles. The maximum absolute atomic E-state index is 12.5. The van der Waals surface area contributed by atoms with Crippen molar-refractivity contribution in [3.8, 4) is 5.75 Å². The number of carbonyl (C=O) groups excluding carboxylic acids is 1. The van der Waals surface area contributed by atoms with Crippen LogP contribution in [0.2, 0.25) is 0 Å². The molecule has 132 valence electrons. The number of hydrogen-bond donors (Lipinski definition) is 1. The van der Waals surface area contributed by atoms with Crippen molar-refractivity contribution < 1.29 is 9.53 Å². The van der Waals surface area contributed by atoms with Crippen molar-refractivity contribution in [1.82, 2.24) is 20.2 Å². The minimum Gasteiger partial charge on any atom is -0.497 e.